The zero-order chi connectivity index (χ0) is 20.1. The van der Waals surface area contributed by atoms with Crippen LogP contribution < -0.4 is 4.90 Å². The van der Waals surface area contributed by atoms with Crippen LogP contribution in [-0.2, 0) is 6.54 Å². The van der Waals surface area contributed by atoms with Crippen LogP contribution in [0.4, 0.5) is 11.4 Å². The number of rotatable bonds is 5. The molecule has 1 amide bonds. The van der Waals surface area contributed by atoms with Gasteiger partial charge in [0, 0.05) is 38.4 Å². The Morgan fingerprint density at radius 3 is 2.14 bits per heavy atom. The Labute approximate surface area is 172 Å². The number of carbonyl (C=O) groups is 1. The van der Waals surface area contributed by atoms with E-state index in [4.69, 9.17) is 0 Å². The monoisotopic (exact) mass is 386 g/mol. The number of likely N-dealkylation sites (N-methyl/N-ethyl adjacent to an activating group) is 1. The lowest BCUT2D eigenvalue weighted by Crippen LogP contribution is -2.47. The lowest BCUT2D eigenvalue weighted by Gasteiger charge is -2.32. The van der Waals surface area contributed by atoms with Gasteiger partial charge in [-0.05, 0) is 36.9 Å². The van der Waals surface area contributed by atoms with E-state index in [1.165, 1.54) is 5.56 Å². The Hall–Kier alpha value is -3.18. The number of piperazine rings is 1. The highest BCUT2D eigenvalue weighted by Gasteiger charge is 2.21. The van der Waals surface area contributed by atoms with E-state index in [2.05, 4.69) is 58.2 Å². The lowest BCUT2D eigenvalue weighted by molar-refractivity contribution is 0.0658. The summed E-state index contributed by atoms with van der Waals surface area (Å²) in [7, 11) is 2.08. The Kier molecular flexibility index (Phi) is 5.86. The van der Waals surface area contributed by atoms with Gasteiger partial charge in [-0.2, -0.15) is 0 Å². The number of anilines is 2. The quantitative estimate of drug-likeness (QED) is 0.669. The van der Waals surface area contributed by atoms with Crippen LogP contribution in [0.15, 0.2) is 79.0 Å². The van der Waals surface area contributed by atoms with E-state index in [1.54, 1.807) is 6.20 Å². The molecule has 0 spiro atoms. The van der Waals surface area contributed by atoms with Gasteiger partial charge in [-0.3, -0.25) is 4.79 Å². The third kappa shape index (κ3) is 4.63. The van der Waals surface area contributed by atoms with Crippen molar-refractivity contribution in [2.75, 3.05) is 38.1 Å². The molecule has 1 aliphatic heterocycles. The second-order valence-electron chi connectivity index (χ2n) is 7.40. The highest BCUT2D eigenvalue weighted by atomic mass is 16.2. The van der Waals surface area contributed by atoms with Crippen molar-refractivity contribution in [3.05, 3.63) is 90.3 Å². The highest BCUT2D eigenvalue weighted by Crippen LogP contribution is 2.27. The van der Waals surface area contributed by atoms with Gasteiger partial charge in [0.25, 0.3) is 5.91 Å². The summed E-state index contributed by atoms with van der Waals surface area (Å²) in [5, 5.41) is 0. The van der Waals surface area contributed by atoms with Crippen molar-refractivity contribution in [3.8, 4) is 0 Å². The lowest BCUT2D eigenvalue weighted by atomic mass is 10.1. The Bertz CT molecular complexity index is 920. The van der Waals surface area contributed by atoms with Crippen molar-refractivity contribution < 1.29 is 4.79 Å². The van der Waals surface area contributed by atoms with Crippen LogP contribution in [-0.4, -0.2) is 53.9 Å². The van der Waals surface area contributed by atoms with E-state index < -0.39 is 0 Å². The number of carbonyl (C=O) groups excluding carboxylic acids is 1. The molecule has 5 heteroatoms. The van der Waals surface area contributed by atoms with E-state index in [0.29, 0.717) is 5.69 Å². The van der Waals surface area contributed by atoms with Crippen molar-refractivity contribution >= 4 is 17.3 Å². The highest BCUT2D eigenvalue weighted by molar-refractivity contribution is 5.92. The van der Waals surface area contributed by atoms with Gasteiger partial charge in [0.05, 0.1) is 11.9 Å². The first-order valence-electron chi connectivity index (χ1n) is 10.0. The van der Waals surface area contributed by atoms with E-state index in [-0.39, 0.29) is 5.91 Å². The number of hydrogen-bond acceptors (Lipinski definition) is 4. The summed E-state index contributed by atoms with van der Waals surface area (Å²) in [5.41, 5.74) is 3.78. The minimum absolute atomic E-state index is 0.0129. The molecule has 29 heavy (non-hydrogen) atoms. The molecule has 1 fully saturated rings. The third-order valence-corrected chi connectivity index (χ3v) is 5.32. The normalized spacial score (nSPS) is 14.6. The number of aromatic nitrogens is 1. The Morgan fingerprint density at radius 1 is 0.862 bits per heavy atom. The maximum absolute atomic E-state index is 12.8. The summed E-state index contributed by atoms with van der Waals surface area (Å²) in [6.07, 6.45) is 1.80. The molecular weight excluding hydrogens is 360 g/mol. The zero-order valence-corrected chi connectivity index (χ0v) is 16.7. The van der Waals surface area contributed by atoms with Crippen LogP contribution in [0.1, 0.15) is 16.1 Å². The second-order valence-corrected chi connectivity index (χ2v) is 7.40. The average Bonchev–Trinajstić information content (AvgIpc) is 2.79. The third-order valence-electron chi connectivity index (χ3n) is 5.32. The molecule has 1 aliphatic rings. The molecule has 2 aromatic carbocycles. The molecule has 5 nitrogen and oxygen atoms in total. The Morgan fingerprint density at radius 2 is 1.52 bits per heavy atom. The molecule has 1 saturated heterocycles. The molecule has 2 heterocycles. The standard InChI is InChI=1S/C24H26N4O/c1-26-14-16-27(17-15-26)24(29)23-13-12-22(18-25-23)28(21-10-6-3-7-11-21)19-20-8-4-2-5-9-20/h2-13,18H,14-17,19H2,1H3. The zero-order valence-electron chi connectivity index (χ0n) is 16.7. The van der Waals surface area contributed by atoms with E-state index in [9.17, 15) is 4.79 Å². The van der Waals surface area contributed by atoms with Crippen LogP contribution in [0.5, 0.6) is 0 Å². The molecule has 0 aliphatic carbocycles. The number of benzene rings is 2. The van der Waals surface area contributed by atoms with Gasteiger partial charge in [-0.1, -0.05) is 48.5 Å². The van der Waals surface area contributed by atoms with Gasteiger partial charge >= 0.3 is 0 Å². The van der Waals surface area contributed by atoms with Crippen molar-refractivity contribution in [1.29, 1.82) is 0 Å². The van der Waals surface area contributed by atoms with Crippen LogP contribution in [0.2, 0.25) is 0 Å². The van der Waals surface area contributed by atoms with Gasteiger partial charge < -0.3 is 14.7 Å². The van der Waals surface area contributed by atoms with Gasteiger partial charge in [0.2, 0.25) is 0 Å². The van der Waals surface area contributed by atoms with Crippen LogP contribution in [0.3, 0.4) is 0 Å². The van der Waals surface area contributed by atoms with Gasteiger partial charge in [0.1, 0.15) is 5.69 Å². The molecule has 0 N–H and O–H groups in total. The topological polar surface area (TPSA) is 39.7 Å². The summed E-state index contributed by atoms with van der Waals surface area (Å²) >= 11 is 0. The van der Waals surface area contributed by atoms with Gasteiger partial charge in [-0.15, -0.1) is 0 Å². The summed E-state index contributed by atoms with van der Waals surface area (Å²) in [6, 6.07) is 24.5. The van der Waals surface area contributed by atoms with Gasteiger partial charge in [0.15, 0.2) is 0 Å². The van der Waals surface area contributed by atoms with Crippen molar-refractivity contribution in [3.63, 3.8) is 0 Å². The molecule has 3 aromatic rings. The largest absolute Gasteiger partial charge is 0.336 e. The second kappa shape index (κ2) is 8.88. The number of hydrogen-bond donors (Lipinski definition) is 0. The fourth-order valence-corrected chi connectivity index (χ4v) is 3.55. The summed E-state index contributed by atoms with van der Waals surface area (Å²) < 4.78 is 0. The first kappa shape index (κ1) is 19.2. The van der Waals surface area contributed by atoms with E-state index in [0.717, 1.165) is 44.1 Å². The number of pyridine rings is 1. The minimum atomic E-state index is 0.0129. The smallest absolute Gasteiger partial charge is 0.272 e. The molecule has 4 rings (SSSR count). The number of nitrogens with zero attached hydrogens (tertiary/aromatic N) is 4. The fourth-order valence-electron chi connectivity index (χ4n) is 3.55. The molecule has 0 bridgehead atoms. The van der Waals surface area contributed by atoms with Gasteiger partial charge in [-0.25, -0.2) is 4.98 Å². The summed E-state index contributed by atoms with van der Waals surface area (Å²) in [6.45, 7) is 4.05. The predicted octanol–water partition coefficient (Wildman–Crippen LogP) is 3.81. The maximum atomic E-state index is 12.8. The molecule has 0 saturated carbocycles. The maximum Gasteiger partial charge on any atom is 0.272 e. The summed E-state index contributed by atoms with van der Waals surface area (Å²) in [4.78, 5) is 23.6. The molecule has 0 unspecified atom stereocenters. The van der Waals surface area contributed by atoms with E-state index in [1.807, 2.05) is 41.3 Å². The van der Waals surface area contributed by atoms with Crippen molar-refractivity contribution in [1.82, 2.24) is 14.8 Å². The first-order chi connectivity index (χ1) is 14.2. The molecule has 1 aromatic heterocycles. The van der Waals surface area contributed by atoms with E-state index >= 15 is 0 Å². The SMILES string of the molecule is CN1CCN(C(=O)c2ccc(N(Cc3ccccc3)c3ccccc3)cn2)CC1. The molecule has 0 atom stereocenters. The minimum Gasteiger partial charge on any atom is -0.336 e. The molecule has 0 radical (unpaired) electrons. The fraction of sp³-hybridized carbons (Fsp3) is 0.250. The predicted molar refractivity (Wildman–Crippen MR) is 116 cm³/mol. The average molecular weight is 386 g/mol. The van der Waals surface area contributed by atoms with Crippen LogP contribution in [0, 0.1) is 0 Å². The van der Waals surface area contributed by atoms with Crippen LogP contribution in [0.25, 0.3) is 0 Å². The van der Waals surface area contributed by atoms with Crippen molar-refractivity contribution in [2.24, 2.45) is 0 Å². The van der Waals surface area contributed by atoms with Crippen LogP contribution >= 0.6 is 0 Å². The first-order valence-corrected chi connectivity index (χ1v) is 10.0. The Balaban J connectivity index is 1.56. The van der Waals surface area contributed by atoms with Crippen molar-refractivity contribution in [2.45, 2.75) is 6.54 Å². The number of amides is 1. The molecular formula is C24H26N4O. The number of para-hydroxylation sites is 1. The summed E-state index contributed by atoms with van der Waals surface area (Å²) in [5.74, 6) is 0.0129. The molecule has 148 valence electrons.